The standard InChI is InChI=1S/C29H45F2N5O2/c1-21-23-10-9-11-25(18-23)29(30,31)24-13-16-36(17-14-24)19-26(38-5)12-7-6-8-15-32-27(37)28(3,4)34-20-33-22(2)35-21/h9-11,18,20-21,24,26H,6-8,12-17,19H2,1-5H3,(H,32,37)(H,33,34,35)/t21-,26?/m1/s1. The van der Waals surface area contributed by atoms with Crippen molar-refractivity contribution in [1.82, 2.24) is 15.5 Å². The Labute approximate surface area is 226 Å². The van der Waals surface area contributed by atoms with Gasteiger partial charge >= 0.3 is 0 Å². The van der Waals surface area contributed by atoms with Gasteiger partial charge in [-0.05, 0) is 78.1 Å². The van der Waals surface area contributed by atoms with Crippen molar-refractivity contribution in [2.24, 2.45) is 15.9 Å². The van der Waals surface area contributed by atoms with Gasteiger partial charge in [0.05, 0.1) is 24.3 Å². The van der Waals surface area contributed by atoms with Crippen LogP contribution in [0, 0.1) is 5.92 Å². The maximum Gasteiger partial charge on any atom is 0.276 e. The molecule has 1 unspecified atom stereocenters. The fourth-order valence-corrected chi connectivity index (χ4v) is 5.13. The van der Waals surface area contributed by atoms with Crippen LogP contribution in [0.15, 0.2) is 34.3 Å². The van der Waals surface area contributed by atoms with Crippen LogP contribution in [0.2, 0.25) is 0 Å². The van der Waals surface area contributed by atoms with Gasteiger partial charge in [0.1, 0.15) is 5.54 Å². The quantitative estimate of drug-likeness (QED) is 0.528. The van der Waals surface area contributed by atoms with E-state index < -0.39 is 17.4 Å². The fraction of sp³-hybridized carbons (Fsp3) is 0.690. The summed E-state index contributed by atoms with van der Waals surface area (Å²) < 4.78 is 36.9. The second kappa shape index (κ2) is 13.6. The summed E-state index contributed by atoms with van der Waals surface area (Å²) in [4.78, 5) is 23.9. The minimum atomic E-state index is -2.90. The fourth-order valence-electron chi connectivity index (χ4n) is 5.13. The van der Waals surface area contributed by atoms with E-state index >= 15 is 8.78 Å². The lowest BCUT2D eigenvalue weighted by atomic mass is 9.85. The van der Waals surface area contributed by atoms with Crippen LogP contribution in [-0.4, -0.2) is 67.9 Å². The number of rotatable bonds is 1. The molecule has 3 aliphatic heterocycles. The van der Waals surface area contributed by atoms with Crippen LogP contribution >= 0.6 is 0 Å². The lowest BCUT2D eigenvalue weighted by Gasteiger charge is -2.37. The van der Waals surface area contributed by atoms with E-state index in [1.165, 1.54) is 12.4 Å². The van der Waals surface area contributed by atoms with Crippen molar-refractivity contribution in [3.63, 3.8) is 0 Å². The van der Waals surface area contributed by atoms with Gasteiger partial charge in [-0.1, -0.05) is 31.0 Å². The molecule has 0 spiro atoms. The maximum atomic E-state index is 15.6. The van der Waals surface area contributed by atoms with E-state index in [0.29, 0.717) is 38.3 Å². The number of hydrogen-bond acceptors (Lipinski definition) is 6. The monoisotopic (exact) mass is 533 g/mol. The second-order valence-electron chi connectivity index (χ2n) is 11.1. The van der Waals surface area contributed by atoms with Crippen LogP contribution in [0.25, 0.3) is 0 Å². The SMILES string of the molecule is COC1CCCCCNC(=O)C(C)(C)N=CNC(C)=N[C@H](C)c2cccc(c2)C(F)(F)C2CCN(CC2)C1. The minimum Gasteiger partial charge on any atom is -0.380 e. The number of hydrogen-bond donors (Lipinski definition) is 2. The molecule has 212 valence electrons. The third-order valence-electron chi connectivity index (χ3n) is 7.74. The molecule has 1 saturated heterocycles. The van der Waals surface area contributed by atoms with E-state index in [2.05, 4.69) is 25.5 Å². The highest BCUT2D eigenvalue weighted by molar-refractivity contribution is 5.92. The number of carbonyl (C=O) groups is 1. The molecule has 2 N–H and O–H groups in total. The number of benzene rings is 1. The number of methoxy groups -OCH3 is 1. The highest BCUT2D eigenvalue weighted by Crippen LogP contribution is 2.42. The Morgan fingerprint density at radius 1 is 1.11 bits per heavy atom. The first-order valence-electron chi connectivity index (χ1n) is 13.9. The Kier molecular flexibility index (Phi) is 10.8. The molecule has 4 rings (SSSR count). The first kappa shape index (κ1) is 30.2. The largest absolute Gasteiger partial charge is 0.380 e. The zero-order chi connectivity index (χ0) is 27.8. The predicted octanol–water partition coefficient (Wildman–Crippen LogP) is 5.07. The maximum absolute atomic E-state index is 15.6. The third-order valence-corrected chi connectivity index (χ3v) is 7.74. The van der Waals surface area contributed by atoms with E-state index in [0.717, 1.165) is 37.8 Å². The molecule has 0 saturated carbocycles. The summed E-state index contributed by atoms with van der Waals surface area (Å²) in [5, 5.41) is 6.00. The zero-order valence-corrected chi connectivity index (χ0v) is 23.6. The normalized spacial score (nSPS) is 29.4. The van der Waals surface area contributed by atoms with Gasteiger partial charge in [0.25, 0.3) is 5.92 Å². The summed E-state index contributed by atoms with van der Waals surface area (Å²) in [6.45, 7) is 9.85. The summed E-state index contributed by atoms with van der Waals surface area (Å²) in [6.07, 6.45) is 6.23. The van der Waals surface area contributed by atoms with Crippen LogP contribution < -0.4 is 10.6 Å². The van der Waals surface area contributed by atoms with Crippen LogP contribution in [0.4, 0.5) is 8.78 Å². The van der Waals surface area contributed by atoms with Crippen molar-refractivity contribution < 1.29 is 18.3 Å². The van der Waals surface area contributed by atoms with Crippen molar-refractivity contribution >= 4 is 18.1 Å². The first-order valence-corrected chi connectivity index (χ1v) is 13.9. The lowest BCUT2D eigenvalue weighted by Crippen LogP contribution is -2.43. The number of nitrogens with zero attached hydrogens (tertiary/aromatic N) is 3. The topological polar surface area (TPSA) is 78.3 Å². The molecule has 4 bridgehead atoms. The first-order chi connectivity index (χ1) is 18.0. The molecule has 9 heteroatoms. The predicted molar refractivity (Wildman–Crippen MR) is 149 cm³/mol. The molecular weight excluding hydrogens is 488 g/mol. The van der Waals surface area contributed by atoms with Crippen LogP contribution in [0.3, 0.4) is 0 Å². The number of amidine groups is 1. The molecule has 1 amide bonds. The average molecular weight is 534 g/mol. The molecule has 1 aromatic rings. The van der Waals surface area contributed by atoms with E-state index in [1.807, 2.05) is 13.0 Å². The number of alkyl halides is 2. The van der Waals surface area contributed by atoms with E-state index in [1.54, 1.807) is 40.0 Å². The van der Waals surface area contributed by atoms with Gasteiger partial charge in [-0.2, -0.15) is 0 Å². The third kappa shape index (κ3) is 8.30. The van der Waals surface area contributed by atoms with Crippen molar-refractivity contribution in [2.45, 2.75) is 89.8 Å². The molecule has 1 aromatic carbocycles. The smallest absolute Gasteiger partial charge is 0.276 e. The van der Waals surface area contributed by atoms with Crippen molar-refractivity contribution in [3.05, 3.63) is 35.4 Å². The molecule has 2 atom stereocenters. The number of aliphatic imine (C=N–C) groups is 2. The molecule has 0 aliphatic carbocycles. The van der Waals surface area contributed by atoms with Gasteiger partial charge in [-0.25, -0.2) is 8.78 Å². The molecule has 0 aromatic heterocycles. The molecule has 0 radical (unpaired) electrons. The van der Waals surface area contributed by atoms with Gasteiger partial charge in [0.15, 0.2) is 0 Å². The molecule has 1 fully saturated rings. The number of piperidine rings is 1. The summed E-state index contributed by atoms with van der Waals surface area (Å²) in [6, 6.07) is 6.33. The number of nitrogens with one attached hydrogen (secondary N) is 2. The van der Waals surface area contributed by atoms with Gasteiger partial charge in [0.2, 0.25) is 5.91 Å². The van der Waals surface area contributed by atoms with Crippen LogP contribution in [-0.2, 0) is 15.5 Å². The van der Waals surface area contributed by atoms with Gasteiger partial charge in [0, 0.05) is 31.7 Å². The highest BCUT2D eigenvalue weighted by Gasteiger charge is 2.43. The van der Waals surface area contributed by atoms with E-state index in [4.69, 9.17) is 4.74 Å². The Morgan fingerprint density at radius 3 is 2.55 bits per heavy atom. The number of amides is 1. The van der Waals surface area contributed by atoms with Crippen LogP contribution in [0.5, 0.6) is 0 Å². The Bertz CT molecular complexity index is 973. The van der Waals surface area contributed by atoms with Crippen molar-refractivity contribution in [1.29, 1.82) is 0 Å². The number of halogens is 2. The molecule has 38 heavy (non-hydrogen) atoms. The minimum absolute atomic E-state index is 0.0552. The van der Waals surface area contributed by atoms with Crippen molar-refractivity contribution in [2.75, 3.05) is 33.3 Å². The molecule has 3 aliphatic rings. The molecular formula is C29H45F2N5O2. The Balaban J connectivity index is 1.79. The average Bonchev–Trinajstić information content (AvgIpc) is 2.89. The summed E-state index contributed by atoms with van der Waals surface area (Å²) in [7, 11) is 1.72. The number of fused-ring (bicyclic) bond motifs is 15. The molecule has 7 nitrogen and oxygen atoms in total. The van der Waals surface area contributed by atoms with E-state index in [9.17, 15) is 4.79 Å². The zero-order valence-electron chi connectivity index (χ0n) is 23.6. The lowest BCUT2D eigenvalue weighted by molar-refractivity contribution is -0.125. The Morgan fingerprint density at radius 2 is 1.84 bits per heavy atom. The molecule has 3 heterocycles. The highest BCUT2D eigenvalue weighted by atomic mass is 19.3. The number of ether oxygens (including phenoxy) is 1. The second-order valence-corrected chi connectivity index (χ2v) is 11.1. The van der Waals surface area contributed by atoms with Gasteiger partial charge in [-0.3, -0.25) is 14.8 Å². The summed E-state index contributed by atoms with van der Waals surface area (Å²) >= 11 is 0. The van der Waals surface area contributed by atoms with Crippen molar-refractivity contribution in [3.8, 4) is 0 Å². The van der Waals surface area contributed by atoms with E-state index in [-0.39, 0.29) is 23.6 Å². The van der Waals surface area contributed by atoms with Gasteiger partial charge < -0.3 is 20.3 Å². The van der Waals surface area contributed by atoms with Gasteiger partial charge in [-0.15, -0.1) is 0 Å². The Hall–Kier alpha value is -2.39. The summed E-state index contributed by atoms with van der Waals surface area (Å²) in [5.41, 5.74) is -0.143. The number of carbonyl (C=O) groups excluding carboxylic acids is 1. The van der Waals surface area contributed by atoms with Crippen LogP contribution in [0.1, 0.15) is 83.4 Å². The summed E-state index contributed by atoms with van der Waals surface area (Å²) in [5.74, 6) is -3.13.